The molecule has 0 aromatic heterocycles. The Morgan fingerprint density at radius 2 is 2.04 bits per heavy atom. The van der Waals surface area contributed by atoms with Gasteiger partial charge in [0.2, 0.25) is 0 Å². The molecule has 136 valence electrons. The summed E-state index contributed by atoms with van der Waals surface area (Å²) in [6.07, 6.45) is 0.985. The molecule has 1 aliphatic rings. The number of nitro benzene ring substituents is 1. The van der Waals surface area contributed by atoms with Crippen LogP contribution in [0.3, 0.4) is 0 Å². The van der Waals surface area contributed by atoms with Crippen molar-refractivity contribution in [3.05, 3.63) is 69.8 Å². The van der Waals surface area contributed by atoms with E-state index in [1.165, 1.54) is 23.4 Å². The molecule has 1 aliphatic heterocycles. The van der Waals surface area contributed by atoms with Crippen molar-refractivity contribution in [3.63, 3.8) is 0 Å². The number of anilines is 1. The van der Waals surface area contributed by atoms with Crippen LogP contribution in [-0.4, -0.2) is 37.7 Å². The lowest BCUT2D eigenvalue weighted by Crippen LogP contribution is -2.42. The summed E-state index contributed by atoms with van der Waals surface area (Å²) < 4.78 is 5.12. The van der Waals surface area contributed by atoms with Crippen LogP contribution in [0.5, 0.6) is 0 Å². The number of non-ortho nitro benzene ring substituents is 1. The normalized spacial score (nSPS) is 13.6. The molecule has 0 aliphatic carbocycles. The van der Waals surface area contributed by atoms with Gasteiger partial charge < -0.3 is 15.0 Å². The van der Waals surface area contributed by atoms with Gasteiger partial charge in [-0.1, -0.05) is 30.3 Å². The van der Waals surface area contributed by atoms with Gasteiger partial charge in [-0.05, 0) is 23.6 Å². The maximum atomic E-state index is 10.8. The number of hydrogen-bond donors (Lipinski definition) is 1. The summed E-state index contributed by atoms with van der Waals surface area (Å²) in [5.74, 6) is 0.797. The molecular formula is C19H22N4O3. The number of hydrogen-bond acceptors (Lipinski definition) is 4. The lowest BCUT2D eigenvalue weighted by atomic mass is 10.2. The number of ether oxygens (including phenoxy) is 1. The van der Waals surface area contributed by atoms with Crippen molar-refractivity contribution in [1.82, 2.24) is 5.32 Å². The predicted molar refractivity (Wildman–Crippen MR) is 102 cm³/mol. The molecule has 2 aromatic rings. The van der Waals surface area contributed by atoms with Crippen LogP contribution in [0.25, 0.3) is 0 Å². The van der Waals surface area contributed by atoms with E-state index in [-0.39, 0.29) is 5.69 Å². The van der Waals surface area contributed by atoms with E-state index in [1.54, 1.807) is 19.2 Å². The smallest absolute Gasteiger partial charge is 0.269 e. The molecule has 2 aromatic carbocycles. The minimum Gasteiger partial charge on any atom is -0.383 e. The van der Waals surface area contributed by atoms with Crippen molar-refractivity contribution in [1.29, 1.82) is 0 Å². The average Bonchev–Trinajstić information content (AvgIpc) is 3.09. The van der Waals surface area contributed by atoms with Gasteiger partial charge in [0.15, 0.2) is 5.96 Å². The Morgan fingerprint density at radius 1 is 1.27 bits per heavy atom. The van der Waals surface area contributed by atoms with E-state index in [0.717, 1.165) is 24.5 Å². The number of fused-ring (bicyclic) bond motifs is 1. The number of guanidine groups is 1. The van der Waals surface area contributed by atoms with Crippen molar-refractivity contribution in [2.75, 3.05) is 31.7 Å². The van der Waals surface area contributed by atoms with Gasteiger partial charge in [0.05, 0.1) is 18.1 Å². The third-order valence-electron chi connectivity index (χ3n) is 4.29. The zero-order chi connectivity index (χ0) is 18.4. The predicted octanol–water partition coefficient (Wildman–Crippen LogP) is 2.75. The van der Waals surface area contributed by atoms with Gasteiger partial charge in [0.1, 0.15) is 0 Å². The molecule has 0 radical (unpaired) electrons. The first-order chi connectivity index (χ1) is 12.7. The van der Waals surface area contributed by atoms with E-state index in [4.69, 9.17) is 9.73 Å². The minimum absolute atomic E-state index is 0.0876. The van der Waals surface area contributed by atoms with Crippen LogP contribution in [0, 0.1) is 10.1 Å². The van der Waals surface area contributed by atoms with Gasteiger partial charge in [-0.3, -0.25) is 10.1 Å². The minimum atomic E-state index is -0.397. The second-order valence-corrected chi connectivity index (χ2v) is 6.01. The van der Waals surface area contributed by atoms with Crippen molar-refractivity contribution in [2.45, 2.75) is 13.0 Å². The van der Waals surface area contributed by atoms with E-state index in [1.807, 2.05) is 12.1 Å². The van der Waals surface area contributed by atoms with E-state index >= 15 is 0 Å². The molecule has 1 heterocycles. The number of benzene rings is 2. The van der Waals surface area contributed by atoms with Crippen molar-refractivity contribution >= 4 is 17.3 Å². The molecule has 0 spiro atoms. The highest BCUT2D eigenvalue weighted by Gasteiger charge is 2.22. The third kappa shape index (κ3) is 4.18. The topological polar surface area (TPSA) is 80.0 Å². The van der Waals surface area contributed by atoms with E-state index in [2.05, 4.69) is 22.3 Å². The maximum Gasteiger partial charge on any atom is 0.269 e. The van der Waals surface area contributed by atoms with E-state index in [0.29, 0.717) is 19.7 Å². The Kier molecular flexibility index (Phi) is 5.80. The largest absolute Gasteiger partial charge is 0.383 e. The molecule has 1 N–H and O–H groups in total. The van der Waals surface area contributed by atoms with Gasteiger partial charge in [-0.15, -0.1) is 0 Å². The van der Waals surface area contributed by atoms with Gasteiger partial charge in [-0.25, -0.2) is 4.99 Å². The Hall–Kier alpha value is -2.93. The zero-order valence-corrected chi connectivity index (χ0v) is 14.7. The van der Waals surface area contributed by atoms with Crippen molar-refractivity contribution in [3.8, 4) is 0 Å². The highest BCUT2D eigenvalue weighted by atomic mass is 16.6. The molecule has 7 nitrogen and oxygen atoms in total. The first kappa shape index (κ1) is 17.9. The van der Waals surface area contributed by atoms with E-state index in [9.17, 15) is 10.1 Å². The second-order valence-electron chi connectivity index (χ2n) is 6.01. The molecular weight excluding hydrogens is 332 g/mol. The molecule has 0 fully saturated rings. The lowest BCUT2D eigenvalue weighted by molar-refractivity contribution is -0.384. The Bertz CT molecular complexity index is 790. The fraction of sp³-hybridized carbons (Fsp3) is 0.316. The van der Waals surface area contributed by atoms with E-state index < -0.39 is 4.92 Å². The zero-order valence-electron chi connectivity index (χ0n) is 14.7. The average molecular weight is 354 g/mol. The monoisotopic (exact) mass is 354 g/mol. The number of aliphatic imine (C=N–C) groups is 1. The summed E-state index contributed by atoms with van der Waals surface area (Å²) in [5, 5.41) is 14.1. The van der Waals surface area contributed by atoms with Gasteiger partial charge in [-0.2, -0.15) is 0 Å². The summed E-state index contributed by atoms with van der Waals surface area (Å²) in [7, 11) is 1.67. The van der Waals surface area contributed by atoms with Crippen LogP contribution < -0.4 is 10.2 Å². The van der Waals surface area contributed by atoms with Gasteiger partial charge >= 0.3 is 0 Å². The molecule has 0 amide bonds. The molecule has 3 rings (SSSR count). The molecule has 0 unspecified atom stereocenters. The number of nitrogens with zero attached hydrogens (tertiary/aromatic N) is 3. The van der Waals surface area contributed by atoms with Crippen LogP contribution >= 0.6 is 0 Å². The van der Waals surface area contributed by atoms with Gasteiger partial charge in [0.25, 0.3) is 5.69 Å². The molecule has 0 saturated carbocycles. The highest BCUT2D eigenvalue weighted by molar-refractivity contribution is 5.98. The fourth-order valence-electron chi connectivity index (χ4n) is 2.95. The maximum absolute atomic E-state index is 10.8. The van der Waals surface area contributed by atoms with Crippen LogP contribution in [0.1, 0.15) is 11.1 Å². The SMILES string of the molecule is COCCNC(=NCc1ccc([N+](=O)[O-])cc1)N1CCc2ccccc21. The summed E-state index contributed by atoms with van der Waals surface area (Å²) in [6, 6.07) is 14.8. The Labute approximate surface area is 152 Å². The third-order valence-corrected chi connectivity index (χ3v) is 4.29. The molecule has 7 heteroatoms. The highest BCUT2D eigenvalue weighted by Crippen LogP contribution is 2.27. The van der Waals surface area contributed by atoms with Crippen molar-refractivity contribution < 1.29 is 9.66 Å². The summed E-state index contributed by atoms with van der Waals surface area (Å²) in [4.78, 5) is 17.3. The summed E-state index contributed by atoms with van der Waals surface area (Å²) in [5.41, 5.74) is 3.49. The molecule has 0 atom stereocenters. The van der Waals surface area contributed by atoms with Gasteiger partial charge in [0, 0.05) is 38.0 Å². The number of nitro groups is 1. The Balaban J connectivity index is 1.77. The number of methoxy groups -OCH3 is 1. The number of para-hydroxylation sites is 1. The summed E-state index contributed by atoms with van der Waals surface area (Å²) in [6.45, 7) is 2.57. The Morgan fingerprint density at radius 3 is 2.77 bits per heavy atom. The van der Waals surface area contributed by atoms with Crippen LogP contribution in [0.2, 0.25) is 0 Å². The summed E-state index contributed by atoms with van der Waals surface area (Å²) >= 11 is 0. The van der Waals surface area contributed by atoms with Crippen molar-refractivity contribution in [2.24, 2.45) is 4.99 Å². The second kappa shape index (κ2) is 8.44. The fourth-order valence-corrected chi connectivity index (χ4v) is 2.95. The standard InChI is InChI=1S/C19H22N4O3/c1-26-13-11-20-19(22-12-10-16-4-2-3-5-18(16)22)21-14-15-6-8-17(9-7-15)23(24)25/h2-9H,10-14H2,1H3,(H,20,21). The number of rotatable bonds is 6. The van der Waals surface area contributed by atoms with Crippen LogP contribution in [0.4, 0.5) is 11.4 Å². The molecule has 0 bridgehead atoms. The van der Waals surface area contributed by atoms with Crippen LogP contribution in [-0.2, 0) is 17.7 Å². The quantitative estimate of drug-likeness (QED) is 0.284. The first-order valence-corrected chi connectivity index (χ1v) is 8.55. The molecule has 0 saturated heterocycles. The molecule has 26 heavy (non-hydrogen) atoms. The first-order valence-electron chi connectivity index (χ1n) is 8.55. The number of nitrogens with one attached hydrogen (secondary N) is 1. The lowest BCUT2D eigenvalue weighted by Gasteiger charge is -2.22. The van der Waals surface area contributed by atoms with Crippen LogP contribution in [0.15, 0.2) is 53.5 Å².